The van der Waals surface area contributed by atoms with Crippen LogP contribution in [-0.2, 0) is 23.8 Å². The van der Waals surface area contributed by atoms with Crippen LogP contribution in [0.25, 0.3) is 4.91 Å². The van der Waals surface area contributed by atoms with Gasteiger partial charge in [-0.1, -0.05) is 30.5 Å². The van der Waals surface area contributed by atoms with E-state index in [1.54, 1.807) is 0 Å². The monoisotopic (exact) mass is 521 g/mol. The van der Waals surface area contributed by atoms with Crippen molar-refractivity contribution in [3.8, 4) is 0 Å². The number of hydrogen-bond donors (Lipinski definition) is 3. The number of ether oxygens (including phenoxy) is 2. The molecule has 190 valence electrons. The van der Waals surface area contributed by atoms with Crippen molar-refractivity contribution in [1.29, 1.82) is 0 Å². The molecule has 1 aromatic carbocycles. The molecule has 2 aliphatic rings. The maximum atomic E-state index is 11.6. The van der Waals surface area contributed by atoms with Crippen molar-refractivity contribution in [2.45, 2.75) is 56.1 Å². The molecule has 0 bridgehead atoms. The molecule has 0 radical (unpaired) electrons. The second-order valence-corrected chi connectivity index (χ2v) is 12.0. The first-order chi connectivity index (χ1) is 16.3. The van der Waals surface area contributed by atoms with Crippen molar-refractivity contribution in [1.82, 2.24) is 9.97 Å². The highest BCUT2D eigenvalue weighted by Crippen LogP contribution is 2.44. The topological polar surface area (TPSA) is 152 Å². The lowest BCUT2D eigenvalue weighted by Gasteiger charge is -2.25. The molecule has 1 aliphatic carbocycles. The predicted octanol–water partition coefficient (Wildman–Crippen LogP) is 3.01. The van der Waals surface area contributed by atoms with E-state index >= 15 is 0 Å². The fraction of sp³-hybridized carbons (Fsp3) is 0.478. The van der Waals surface area contributed by atoms with E-state index in [0.29, 0.717) is 28.5 Å². The lowest BCUT2D eigenvalue weighted by molar-refractivity contribution is -0.158. The van der Waals surface area contributed by atoms with E-state index in [9.17, 15) is 8.42 Å². The highest BCUT2D eigenvalue weighted by Gasteiger charge is 2.54. The van der Waals surface area contributed by atoms with Crippen molar-refractivity contribution in [2.75, 3.05) is 29.6 Å². The molecule has 1 saturated carbocycles. The Labute approximate surface area is 209 Å². The molecule has 1 aromatic heterocycles. The van der Waals surface area contributed by atoms with Gasteiger partial charge in [-0.3, -0.25) is 4.18 Å². The predicted molar refractivity (Wildman–Crippen MR) is 137 cm³/mol. The number of rotatable bonds is 8. The summed E-state index contributed by atoms with van der Waals surface area (Å²) in [5.74, 6) is -0.364. The van der Waals surface area contributed by atoms with E-state index in [-0.39, 0.29) is 36.7 Å². The van der Waals surface area contributed by atoms with Gasteiger partial charge in [0.2, 0.25) is 5.95 Å². The fourth-order valence-corrected chi connectivity index (χ4v) is 5.93. The molecular weight excluding hydrogens is 490 g/mol. The number of nitrogens with one attached hydrogen (secondary N) is 1. The van der Waals surface area contributed by atoms with Gasteiger partial charge in [0.15, 0.2) is 5.79 Å². The summed E-state index contributed by atoms with van der Waals surface area (Å²) in [5.41, 5.74) is 14.2. The molecule has 0 amide bonds. The molecule has 10 nitrogen and oxygen atoms in total. The lowest BCUT2D eigenvalue weighted by atomic mass is 10.1. The van der Waals surface area contributed by atoms with Gasteiger partial charge in [0.1, 0.15) is 11.9 Å². The third-order valence-electron chi connectivity index (χ3n) is 5.94. The van der Waals surface area contributed by atoms with Crippen molar-refractivity contribution >= 4 is 44.2 Å². The average molecular weight is 522 g/mol. The van der Waals surface area contributed by atoms with E-state index in [1.165, 1.54) is 11.8 Å². The minimum atomic E-state index is -3.59. The molecule has 12 heteroatoms. The van der Waals surface area contributed by atoms with Gasteiger partial charge in [-0.05, 0) is 39.3 Å². The summed E-state index contributed by atoms with van der Waals surface area (Å²) in [7, 11) is -3.59. The number of hydrogen-bond acceptors (Lipinski definition) is 11. The summed E-state index contributed by atoms with van der Waals surface area (Å²) < 4.78 is 40.6. The van der Waals surface area contributed by atoms with Crippen LogP contribution >= 0.6 is 11.8 Å². The van der Waals surface area contributed by atoms with Crippen LogP contribution in [0.15, 0.2) is 35.7 Å². The minimum absolute atomic E-state index is 0.00522. The first-order valence-electron chi connectivity index (χ1n) is 11.2. The Morgan fingerprint density at radius 3 is 2.63 bits per heavy atom. The lowest BCUT2D eigenvalue weighted by Crippen LogP contribution is -2.35. The Hall–Kier alpha value is -2.38. The van der Waals surface area contributed by atoms with Crippen LogP contribution in [0.2, 0.25) is 0 Å². The maximum absolute atomic E-state index is 11.6. The van der Waals surface area contributed by atoms with Gasteiger partial charge in [-0.25, -0.2) is 4.98 Å². The zero-order valence-corrected chi connectivity index (χ0v) is 21.8. The second-order valence-electron chi connectivity index (χ2n) is 9.25. The number of fused-ring (bicyclic) bond motifs is 1. The number of anilines is 3. The molecule has 0 spiro atoms. The van der Waals surface area contributed by atoms with Crippen LogP contribution in [0.3, 0.4) is 0 Å². The van der Waals surface area contributed by atoms with E-state index in [0.717, 1.165) is 16.7 Å². The van der Waals surface area contributed by atoms with Crippen LogP contribution in [0, 0.1) is 12.8 Å². The molecule has 2 heterocycles. The van der Waals surface area contributed by atoms with Gasteiger partial charge in [0, 0.05) is 21.4 Å². The molecule has 5 N–H and O–H groups in total. The summed E-state index contributed by atoms with van der Waals surface area (Å²) >= 11 is 1.42. The summed E-state index contributed by atoms with van der Waals surface area (Å²) in [6.45, 7) is 9.76. The van der Waals surface area contributed by atoms with Gasteiger partial charge in [-0.2, -0.15) is 13.4 Å². The van der Waals surface area contributed by atoms with E-state index in [4.69, 9.17) is 25.1 Å². The maximum Gasteiger partial charge on any atom is 0.264 e. The number of aryl methyl sites for hydroxylation is 1. The summed E-state index contributed by atoms with van der Waals surface area (Å²) in [6.07, 6.45) is 0.907. The Morgan fingerprint density at radius 2 is 1.94 bits per heavy atom. The average Bonchev–Trinajstić information content (AvgIpc) is 3.20. The standard InChI is InChI=1S/C23H31N5O5S2/c1-12-18(13(2)34-17-9-7-6-8-15(17)24)21(28-22(25)26-12)27-16-10-14(11-31-35(5,29)30)19-20(16)33-23(3,4)32-19/h6-9,14,16,19-20H,2,10-11,24H2,1,3-5H3,(H3,25,26,27,28)/t14-,16-,19-,20+/m1/s1. The minimum Gasteiger partial charge on any atom is -0.398 e. The van der Waals surface area contributed by atoms with Crippen molar-refractivity contribution in [3.63, 3.8) is 0 Å². The van der Waals surface area contributed by atoms with E-state index in [1.807, 2.05) is 45.0 Å². The number of nitrogens with two attached hydrogens (primary N) is 2. The zero-order chi connectivity index (χ0) is 25.5. The largest absolute Gasteiger partial charge is 0.398 e. The summed E-state index contributed by atoms with van der Waals surface area (Å²) in [5, 5.41) is 3.46. The highest BCUT2D eigenvalue weighted by molar-refractivity contribution is 8.08. The number of nitrogen functional groups attached to an aromatic ring is 2. The van der Waals surface area contributed by atoms with Crippen LogP contribution < -0.4 is 16.8 Å². The molecular formula is C23H31N5O5S2. The molecule has 0 unspecified atom stereocenters. The van der Waals surface area contributed by atoms with Gasteiger partial charge in [-0.15, -0.1) is 0 Å². The van der Waals surface area contributed by atoms with Crippen LogP contribution in [0.4, 0.5) is 17.5 Å². The Morgan fingerprint density at radius 1 is 1.26 bits per heavy atom. The number of thioether (sulfide) groups is 1. The number of para-hydroxylation sites is 1. The number of benzene rings is 1. The van der Waals surface area contributed by atoms with Crippen LogP contribution in [-0.4, -0.2) is 55.3 Å². The molecule has 4 atom stereocenters. The first kappa shape index (κ1) is 25.7. The van der Waals surface area contributed by atoms with Crippen molar-refractivity contribution in [3.05, 3.63) is 42.1 Å². The first-order valence-corrected chi connectivity index (χ1v) is 13.8. The third-order valence-corrected chi connectivity index (χ3v) is 7.54. The highest BCUT2D eigenvalue weighted by atomic mass is 32.2. The van der Waals surface area contributed by atoms with Gasteiger partial charge >= 0.3 is 0 Å². The second kappa shape index (κ2) is 9.58. The molecule has 2 aromatic rings. The van der Waals surface area contributed by atoms with Gasteiger partial charge in [0.25, 0.3) is 10.1 Å². The van der Waals surface area contributed by atoms with Crippen LogP contribution in [0.5, 0.6) is 0 Å². The SMILES string of the molecule is C=C(Sc1ccccc1N)c1c(C)nc(N)nc1N[C@@H]1C[C@H](COS(C)(=O)=O)[C@H]2OC(C)(C)O[C@H]21. The summed E-state index contributed by atoms with van der Waals surface area (Å²) in [4.78, 5) is 10.4. The normalized spacial score (nSPS) is 25.4. The Kier molecular flexibility index (Phi) is 7.04. The van der Waals surface area contributed by atoms with Gasteiger partial charge < -0.3 is 26.3 Å². The van der Waals surface area contributed by atoms with Crippen LogP contribution in [0.1, 0.15) is 31.5 Å². The molecule has 1 aliphatic heterocycles. The van der Waals surface area contributed by atoms with Gasteiger partial charge in [0.05, 0.1) is 36.3 Å². The molecule has 4 rings (SSSR count). The molecule has 1 saturated heterocycles. The quantitative estimate of drug-likeness (QED) is 0.267. The van der Waals surface area contributed by atoms with Crippen molar-refractivity contribution in [2.24, 2.45) is 5.92 Å². The number of aromatic nitrogens is 2. The number of nitrogens with zero attached hydrogens (tertiary/aromatic N) is 2. The molecule has 35 heavy (non-hydrogen) atoms. The Balaban J connectivity index is 1.61. The van der Waals surface area contributed by atoms with E-state index < -0.39 is 15.9 Å². The summed E-state index contributed by atoms with van der Waals surface area (Å²) in [6, 6.07) is 7.30. The Bertz CT molecular complexity index is 1240. The smallest absolute Gasteiger partial charge is 0.264 e. The molecule has 2 fully saturated rings. The van der Waals surface area contributed by atoms with E-state index in [2.05, 4.69) is 21.9 Å². The zero-order valence-electron chi connectivity index (χ0n) is 20.1. The fourth-order valence-electron chi connectivity index (χ4n) is 4.57. The van der Waals surface area contributed by atoms with Crippen molar-refractivity contribution < 1.29 is 22.1 Å². The third kappa shape index (κ3) is 5.89.